The van der Waals surface area contributed by atoms with Gasteiger partial charge in [0.25, 0.3) is 5.91 Å². The lowest BCUT2D eigenvalue weighted by Gasteiger charge is -2.29. The van der Waals surface area contributed by atoms with Gasteiger partial charge in [-0.2, -0.15) is 0 Å². The smallest absolute Gasteiger partial charge is 0.265 e. The second-order valence-electron chi connectivity index (χ2n) is 4.74. The van der Waals surface area contributed by atoms with Crippen molar-refractivity contribution in [2.24, 2.45) is 0 Å². The molecule has 0 spiro atoms. The van der Waals surface area contributed by atoms with Crippen LogP contribution in [0.4, 0.5) is 15.8 Å². The fraction of sp³-hybridized carbons (Fsp3) is 0.133. The first-order valence-corrected chi connectivity index (χ1v) is 6.69. The third-order valence-electron chi connectivity index (χ3n) is 3.25. The summed E-state index contributed by atoms with van der Waals surface area (Å²) >= 11 is 5.66. The van der Waals surface area contributed by atoms with E-state index in [1.54, 1.807) is 24.3 Å². The van der Waals surface area contributed by atoms with E-state index < -0.39 is 5.82 Å². The van der Waals surface area contributed by atoms with Crippen molar-refractivity contribution >= 4 is 28.9 Å². The Hall–Kier alpha value is -2.27. The number of halogens is 2. The molecule has 0 saturated heterocycles. The topological polar surface area (TPSA) is 55.6 Å². The summed E-state index contributed by atoms with van der Waals surface area (Å²) < 4.78 is 18.9. The third kappa shape index (κ3) is 2.64. The molecule has 2 N–H and O–H groups in total. The summed E-state index contributed by atoms with van der Waals surface area (Å²) in [7, 11) is 0. The van der Waals surface area contributed by atoms with Crippen molar-refractivity contribution in [3.05, 3.63) is 52.8 Å². The van der Waals surface area contributed by atoms with E-state index in [0.29, 0.717) is 22.7 Å². The number of hydrogen-bond donors (Lipinski definition) is 1. The summed E-state index contributed by atoms with van der Waals surface area (Å²) in [5, 5.41) is 0.0525. The molecule has 0 aromatic heterocycles. The summed E-state index contributed by atoms with van der Waals surface area (Å²) in [6, 6.07) is 9.55. The average Bonchev–Trinajstić information content (AvgIpc) is 2.46. The Kier molecular flexibility index (Phi) is 3.43. The van der Waals surface area contributed by atoms with Crippen molar-refractivity contribution in [1.82, 2.24) is 0 Å². The van der Waals surface area contributed by atoms with Gasteiger partial charge in [0.05, 0.1) is 17.3 Å². The van der Waals surface area contributed by atoms with Crippen molar-refractivity contribution in [3.8, 4) is 5.75 Å². The highest BCUT2D eigenvalue weighted by Gasteiger charge is 2.25. The van der Waals surface area contributed by atoms with E-state index in [2.05, 4.69) is 0 Å². The van der Waals surface area contributed by atoms with Crippen LogP contribution in [-0.4, -0.2) is 12.5 Å². The highest BCUT2D eigenvalue weighted by molar-refractivity contribution is 6.30. The molecule has 3 rings (SSSR count). The Balaban J connectivity index is 1.96. The SMILES string of the molecule is Nc1ccc2c(c1)N(Cc1ccc(Cl)c(F)c1)C(=O)CO2. The summed E-state index contributed by atoms with van der Waals surface area (Å²) in [5.74, 6) is -0.135. The molecule has 0 unspecified atom stereocenters. The number of fused-ring (bicyclic) bond motifs is 1. The van der Waals surface area contributed by atoms with Crippen molar-refractivity contribution in [2.45, 2.75) is 6.54 Å². The molecule has 4 nitrogen and oxygen atoms in total. The van der Waals surface area contributed by atoms with Gasteiger partial charge in [-0.1, -0.05) is 17.7 Å². The monoisotopic (exact) mass is 306 g/mol. The molecule has 0 aliphatic carbocycles. The number of ether oxygens (including phenoxy) is 1. The summed E-state index contributed by atoms with van der Waals surface area (Å²) in [4.78, 5) is 13.6. The highest BCUT2D eigenvalue weighted by Crippen LogP contribution is 2.34. The summed E-state index contributed by atoms with van der Waals surface area (Å²) in [6.45, 7) is 0.180. The van der Waals surface area contributed by atoms with Crippen LogP contribution in [0.5, 0.6) is 5.75 Å². The first kappa shape index (κ1) is 13.7. The molecule has 6 heteroatoms. The molecule has 108 valence electrons. The second kappa shape index (κ2) is 5.26. The lowest BCUT2D eigenvalue weighted by molar-refractivity contribution is -0.121. The summed E-state index contributed by atoms with van der Waals surface area (Å²) in [5.41, 5.74) is 7.51. The maximum absolute atomic E-state index is 13.5. The maximum atomic E-state index is 13.5. The number of nitrogens with two attached hydrogens (primary N) is 1. The van der Waals surface area contributed by atoms with Gasteiger partial charge in [0.15, 0.2) is 6.61 Å². The molecule has 0 fully saturated rings. The highest BCUT2D eigenvalue weighted by atomic mass is 35.5. The molecular formula is C15H12ClFN2O2. The fourth-order valence-electron chi connectivity index (χ4n) is 2.21. The van der Waals surface area contributed by atoms with Gasteiger partial charge in [-0.05, 0) is 35.9 Å². The normalized spacial score (nSPS) is 13.8. The zero-order chi connectivity index (χ0) is 15.0. The quantitative estimate of drug-likeness (QED) is 0.868. The minimum atomic E-state index is -0.511. The minimum absolute atomic E-state index is 0.0486. The van der Waals surface area contributed by atoms with Gasteiger partial charge in [-0.15, -0.1) is 0 Å². The maximum Gasteiger partial charge on any atom is 0.265 e. The largest absolute Gasteiger partial charge is 0.482 e. The van der Waals surface area contributed by atoms with E-state index in [1.165, 1.54) is 17.0 Å². The van der Waals surface area contributed by atoms with E-state index in [-0.39, 0.29) is 24.1 Å². The Bertz CT molecular complexity index is 721. The predicted molar refractivity (Wildman–Crippen MR) is 78.9 cm³/mol. The lowest BCUT2D eigenvalue weighted by atomic mass is 10.1. The van der Waals surface area contributed by atoms with Gasteiger partial charge < -0.3 is 15.4 Å². The van der Waals surface area contributed by atoms with Gasteiger partial charge in [0.2, 0.25) is 0 Å². The number of hydrogen-bond acceptors (Lipinski definition) is 3. The van der Waals surface area contributed by atoms with E-state index in [1.807, 2.05) is 0 Å². The molecule has 0 radical (unpaired) electrons. The number of carbonyl (C=O) groups is 1. The van der Waals surface area contributed by atoms with Crippen molar-refractivity contribution in [2.75, 3.05) is 17.2 Å². The van der Waals surface area contributed by atoms with Crippen LogP contribution >= 0.6 is 11.6 Å². The molecule has 0 atom stereocenters. The lowest BCUT2D eigenvalue weighted by Crippen LogP contribution is -2.38. The minimum Gasteiger partial charge on any atom is -0.482 e. The van der Waals surface area contributed by atoms with Crippen LogP contribution in [0.15, 0.2) is 36.4 Å². The van der Waals surface area contributed by atoms with Crippen LogP contribution in [0.25, 0.3) is 0 Å². The van der Waals surface area contributed by atoms with E-state index in [9.17, 15) is 9.18 Å². The standard InChI is InChI=1S/C15H12ClFN2O2/c16-11-3-1-9(5-12(11)17)7-19-13-6-10(18)2-4-14(13)21-8-15(19)20/h1-6H,7-8,18H2. The van der Waals surface area contributed by atoms with Crippen molar-refractivity contribution in [3.63, 3.8) is 0 Å². The van der Waals surface area contributed by atoms with Gasteiger partial charge in [-0.25, -0.2) is 4.39 Å². The zero-order valence-corrected chi connectivity index (χ0v) is 11.7. The first-order chi connectivity index (χ1) is 10.0. The first-order valence-electron chi connectivity index (χ1n) is 6.31. The Morgan fingerprint density at radius 3 is 2.86 bits per heavy atom. The van der Waals surface area contributed by atoms with Crippen LogP contribution in [0.1, 0.15) is 5.56 Å². The number of nitrogen functional groups attached to an aromatic ring is 1. The predicted octanol–water partition coefficient (Wildman–Crippen LogP) is 2.99. The van der Waals surface area contributed by atoms with E-state index >= 15 is 0 Å². The number of anilines is 2. The van der Waals surface area contributed by atoms with Crippen LogP contribution in [0, 0.1) is 5.82 Å². The van der Waals surface area contributed by atoms with Crippen molar-refractivity contribution < 1.29 is 13.9 Å². The van der Waals surface area contributed by atoms with Gasteiger partial charge >= 0.3 is 0 Å². The van der Waals surface area contributed by atoms with Crippen molar-refractivity contribution in [1.29, 1.82) is 0 Å². The molecule has 2 aromatic carbocycles. The van der Waals surface area contributed by atoms with Crippen LogP contribution < -0.4 is 15.4 Å². The number of rotatable bonds is 2. The number of amides is 1. The Morgan fingerprint density at radius 2 is 2.10 bits per heavy atom. The van der Waals surface area contributed by atoms with Gasteiger partial charge in [-0.3, -0.25) is 4.79 Å². The zero-order valence-electron chi connectivity index (χ0n) is 11.0. The number of carbonyl (C=O) groups excluding carboxylic acids is 1. The number of nitrogens with zero attached hydrogens (tertiary/aromatic N) is 1. The van der Waals surface area contributed by atoms with Crippen LogP contribution in [-0.2, 0) is 11.3 Å². The molecule has 0 bridgehead atoms. The number of benzene rings is 2. The van der Waals surface area contributed by atoms with Gasteiger partial charge in [0.1, 0.15) is 11.6 Å². The van der Waals surface area contributed by atoms with Crippen LogP contribution in [0.3, 0.4) is 0 Å². The summed E-state index contributed by atoms with van der Waals surface area (Å²) in [6.07, 6.45) is 0. The second-order valence-corrected chi connectivity index (χ2v) is 5.15. The third-order valence-corrected chi connectivity index (χ3v) is 3.56. The molecule has 1 amide bonds. The molecule has 21 heavy (non-hydrogen) atoms. The molecule has 1 aliphatic heterocycles. The van der Waals surface area contributed by atoms with E-state index in [4.69, 9.17) is 22.1 Å². The molecule has 0 saturated carbocycles. The Morgan fingerprint density at radius 1 is 1.29 bits per heavy atom. The average molecular weight is 307 g/mol. The fourth-order valence-corrected chi connectivity index (χ4v) is 2.33. The van der Waals surface area contributed by atoms with E-state index in [0.717, 1.165) is 0 Å². The molecule has 1 heterocycles. The Labute approximate surface area is 125 Å². The molecular weight excluding hydrogens is 295 g/mol. The van der Waals surface area contributed by atoms with Gasteiger partial charge in [0, 0.05) is 5.69 Å². The van der Waals surface area contributed by atoms with Crippen LogP contribution in [0.2, 0.25) is 5.02 Å². The molecule has 1 aliphatic rings. The molecule has 2 aromatic rings.